The first-order chi connectivity index (χ1) is 11.9. The van der Waals surface area contributed by atoms with Crippen molar-refractivity contribution < 1.29 is 27.9 Å². The van der Waals surface area contributed by atoms with Crippen LogP contribution in [0.3, 0.4) is 0 Å². The summed E-state index contributed by atoms with van der Waals surface area (Å²) in [5.74, 6) is -0.0776. The molecule has 0 aliphatic carbocycles. The number of rotatable bonds is 8. The lowest BCUT2D eigenvalue weighted by molar-refractivity contribution is -0.147. The lowest BCUT2D eigenvalue weighted by Gasteiger charge is -2.08. The third-order valence-electron chi connectivity index (χ3n) is 3.06. The van der Waals surface area contributed by atoms with Gasteiger partial charge < -0.3 is 19.2 Å². The van der Waals surface area contributed by atoms with Crippen LogP contribution >= 0.6 is 0 Å². The highest BCUT2D eigenvalue weighted by atomic mass is 19.1. The summed E-state index contributed by atoms with van der Waals surface area (Å²) in [6.07, 6.45) is -0.0949. The van der Waals surface area contributed by atoms with Gasteiger partial charge in [0.05, 0.1) is 12.5 Å². The van der Waals surface area contributed by atoms with E-state index in [9.17, 15) is 14.0 Å². The molecule has 0 saturated heterocycles. The Hall–Kier alpha value is -2.83. The summed E-state index contributed by atoms with van der Waals surface area (Å²) in [5, 5.41) is 2.58. The molecule has 0 spiro atoms. The molecule has 2 rings (SSSR count). The topological polar surface area (TPSA) is 77.8 Å². The molecule has 0 saturated carbocycles. The normalized spacial score (nSPS) is 10.6. The lowest BCUT2D eigenvalue weighted by atomic mass is 10.3. The summed E-state index contributed by atoms with van der Waals surface area (Å²) in [6, 6.07) is 8.72. The van der Waals surface area contributed by atoms with Gasteiger partial charge >= 0.3 is 5.97 Å². The van der Waals surface area contributed by atoms with Crippen molar-refractivity contribution >= 4 is 11.9 Å². The summed E-state index contributed by atoms with van der Waals surface area (Å²) in [7, 11) is 0. The van der Waals surface area contributed by atoms with Crippen molar-refractivity contribution in [3.8, 4) is 5.75 Å². The fourth-order valence-electron chi connectivity index (χ4n) is 1.95. The second-order valence-electron chi connectivity index (χ2n) is 5.55. The summed E-state index contributed by atoms with van der Waals surface area (Å²) in [6.45, 7) is 3.79. The molecular weight excluding hydrogens is 329 g/mol. The van der Waals surface area contributed by atoms with Crippen LogP contribution in [0.25, 0.3) is 0 Å². The number of carbonyl (C=O) groups is 2. The zero-order valence-electron chi connectivity index (χ0n) is 14.1. The molecule has 0 aliphatic rings. The van der Waals surface area contributed by atoms with Crippen LogP contribution in [0.5, 0.6) is 5.75 Å². The quantitative estimate of drug-likeness (QED) is 0.741. The second kappa shape index (κ2) is 8.86. The van der Waals surface area contributed by atoms with Crippen LogP contribution in [0, 0.1) is 5.82 Å². The molecule has 134 valence electrons. The number of halogens is 1. The van der Waals surface area contributed by atoms with Crippen molar-refractivity contribution in [2.75, 3.05) is 6.54 Å². The number of esters is 1. The number of ether oxygens (including phenoxy) is 2. The van der Waals surface area contributed by atoms with Crippen LogP contribution in [-0.4, -0.2) is 24.5 Å². The maximum Gasteiger partial charge on any atom is 0.307 e. The SMILES string of the molecule is CC(C)OC(=O)CCNC(=O)c1ccc(COc2ccc(F)cc2)o1. The molecule has 0 aliphatic heterocycles. The molecule has 0 radical (unpaired) electrons. The van der Waals surface area contributed by atoms with Gasteiger partial charge in [-0.05, 0) is 50.2 Å². The summed E-state index contributed by atoms with van der Waals surface area (Å²) < 4.78 is 28.6. The Kier molecular flexibility index (Phi) is 6.56. The van der Waals surface area contributed by atoms with Gasteiger partial charge in [-0.15, -0.1) is 0 Å². The molecule has 0 atom stereocenters. The first kappa shape index (κ1) is 18.5. The summed E-state index contributed by atoms with van der Waals surface area (Å²) in [4.78, 5) is 23.3. The first-order valence-electron chi connectivity index (χ1n) is 7.89. The van der Waals surface area contributed by atoms with Gasteiger partial charge in [0.1, 0.15) is 23.9 Å². The van der Waals surface area contributed by atoms with Crippen molar-refractivity contribution in [1.82, 2.24) is 5.32 Å². The molecule has 1 amide bonds. The van der Waals surface area contributed by atoms with Crippen LogP contribution in [-0.2, 0) is 16.1 Å². The molecule has 1 heterocycles. The maximum absolute atomic E-state index is 12.8. The second-order valence-corrected chi connectivity index (χ2v) is 5.55. The van der Waals surface area contributed by atoms with Crippen molar-refractivity contribution in [3.05, 3.63) is 53.7 Å². The van der Waals surface area contributed by atoms with E-state index in [4.69, 9.17) is 13.9 Å². The fourth-order valence-corrected chi connectivity index (χ4v) is 1.95. The lowest BCUT2D eigenvalue weighted by Crippen LogP contribution is -2.26. The van der Waals surface area contributed by atoms with Gasteiger partial charge in [0.15, 0.2) is 5.76 Å². The number of hydrogen-bond donors (Lipinski definition) is 1. The predicted octanol–water partition coefficient (Wildman–Crippen LogP) is 3.07. The summed E-state index contributed by atoms with van der Waals surface area (Å²) in [5.41, 5.74) is 0. The molecule has 7 heteroatoms. The van der Waals surface area contributed by atoms with Gasteiger partial charge in [-0.25, -0.2) is 4.39 Å². The van der Waals surface area contributed by atoms with Gasteiger partial charge in [-0.1, -0.05) is 0 Å². The molecule has 1 N–H and O–H groups in total. The van der Waals surface area contributed by atoms with E-state index in [1.165, 1.54) is 30.3 Å². The molecule has 6 nitrogen and oxygen atoms in total. The van der Waals surface area contributed by atoms with Crippen molar-refractivity contribution in [3.63, 3.8) is 0 Å². The third-order valence-corrected chi connectivity index (χ3v) is 3.06. The number of amides is 1. The number of furan rings is 1. The van der Waals surface area contributed by atoms with Crippen molar-refractivity contribution in [1.29, 1.82) is 0 Å². The number of benzene rings is 1. The third kappa shape index (κ3) is 6.29. The highest BCUT2D eigenvalue weighted by Crippen LogP contribution is 2.15. The molecule has 25 heavy (non-hydrogen) atoms. The minimum Gasteiger partial charge on any atom is -0.486 e. The van der Waals surface area contributed by atoms with E-state index in [1.54, 1.807) is 19.9 Å². The molecule has 2 aromatic rings. The van der Waals surface area contributed by atoms with Crippen LogP contribution in [0.4, 0.5) is 4.39 Å². The highest BCUT2D eigenvalue weighted by molar-refractivity contribution is 5.91. The molecule has 0 bridgehead atoms. The zero-order valence-corrected chi connectivity index (χ0v) is 14.1. The Morgan fingerprint density at radius 2 is 1.88 bits per heavy atom. The van der Waals surface area contributed by atoms with Crippen LogP contribution < -0.4 is 10.1 Å². The van der Waals surface area contributed by atoms with Gasteiger partial charge in [0.2, 0.25) is 0 Å². The zero-order chi connectivity index (χ0) is 18.2. The van der Waals surface area contributed by atoms with Gasteiger partial charge in [0, 0.05) is 6.54 Å². The molecule has 0 fully saturated rings. The molecule has 0 unspecified atom stereocenters. The largest absolute Gasteiger partial charge is 0.486 e. The predicted molar refractivity (Wildman–Crippen MR) is 87.6 cm³/mol. The maximum atomic E-state index is 12.8. The standard InChI is InChI=1S/C18H20FNO5/c1-12(2)24-17(21)9-10-20-18(22)16-8-7-15(25-16)11-23-14-5-3-13(19)4-6-14/h3-8,12H,9-11H2,1-2H3,(H,20,22). The van der Waals surface area contributed by atoms with Crippen LogP contribution in [0.1, 0.15) is 36.6 Å². The minimum absolute atomic E-state index is 0.0885. The van der Waals surface area contributed by atoms with E-state index in [2.05, 4.69) is 5.32 Å². The van der Waals surface area contributed by atoms with E-state index in [0.29, 0.717) is 11.5 Å². The highest BCUT2D eigenvalue weighted by Gasteiger charge is 2.12. The number of carbonyl (C=O) groups excluding carboxylic acids is 2. The van der Waals surface area contributed by atoms with Crippen LogP contribution in [0.15, 0.2) is 40.8 Å². The Bertz CT molecular complexity index is 709. The molecular formula is C18H20FNO5. The Labute approximate surface area is 144 Å². The van der Waals surface area contributed by atoms with E-state index in [1.807, 2.05) is 0 Å². The first-order valence-corrected chi connectivity index (χ1v) is 7.89. The monoisotopic (exact) mass is 349 g/mol. The van der Waals surface area contributed by atoms with Crippen molar-refractivity contribution in [2.24, 2.45) is 0 Å². The van der Waals surface area contributed by atoms with Crippen molar-refractivity contribution in [2.45, 2.75) is 33.0 Å². The van der Waals surface area contributed by atoms with E-state index >= 15 is 0 Å². The summed E-state index contributed by atoms with van der Waals surface area (Å²) >= 11 is 0. The average Bonchev–Trinajstić information content (AvgIpc) is 3.02. The smallest absolute Gasteiger partial charge is 0.307 e. The van der Waals surface area contributed by atoms with Gasteiger partial charge in [-0.2, -0.15) is 0 Å². The molecule has 1 aromatic heterocycles. The Morgan fingerprint density at radius 3 is 2.56 bits per heavy atom. The van der Waals surface area contributed by atoms with E-state index < -0.39 is 5.91 Å². The molecule has 1 aromatic carbocycles. The Morgan fingerprint density at radius 1 is 1.16 bits per heavy atom. The van der Waals surface area contributed by atoms with Crippen LogP contribution in [0.2, 0.25) is 0 Å². The van der Waals surface area contributed by atoms with Gasteiger partial charge in [0.25, 0.3) is 5.91 Å². The van der Waals surface area contributed by atoms with E-state index in [-0.39, 0.29) is 43.2 Å². The number of nitrogens with one attached hydrogen (secondary N) is 1. The average molecular weight is 349 g/mol. The van der Waals surface area contributed by atoms with E-state index in [0.717, 1.165) is 0 Å². The number of hydrogen-bond acceptors (Lipinski definition) is 5. The Balaban J connectivity index is 1.76. The minimum atomic E-state index is -0.426. The fraction of sp³-hybridized carbons (Fsp3) is 0.333. The van der Waals surface area contributed by atoms with Gasteiger partial charge in [-0.3, -0.25) is 9.59 Å².